The number of ether oxygens (including phenoxy) is 1. The van der Waals surface area contributed by atoms with Gasteiger partial charge >= 0.3 is 5.97 Å². The van der Waals surface area contributed by atoms with Gasteiger partial charge in [0.15, 0.2) is 11.4 Å². The molecule has 0 unspecified atom stereocenters. The SMILES string of the molecule is O=C(O)c1ncc(Br)cc1Oc1cccc(Br)c1. The molecular formula is C12H7Br2NO3. The van der Waals surface area contributed by atoms with Crippen LogP contribution in [0, 0.1) is 0 Å². The number of carbonyl (C=O) groups is 1. The van der Waals surface area contributed by atoms with Crippen LogP contribution in [0.15, 0.2) is 45.5 Å². The molecule has 0 atom stereocenters. The lowest BCUT2D eigenvalue weighted by Gasteiger charge is -2.08. The molecule has 0 amide bonds. The molecule has 2 aromatic rings. The quantitative estimate of drug-likeness (QED) is 0.881. The van der Waals surface area contributed by atoms with E-state index in [1.807, 2.05) is 6.07 Å². The van der Waals surface area contributed by atoms with Gasteiger partial charge in [-0.15, -0.1) is 0 Å². The largest absolute Gasteiger partial charge is 0.476 e. The molecule has 0 aliphatic heterocycles. The fraction of sp³-hybridized carbons (Fsp3) is 0. The van der Waals surface area contributed by atoms with Crippen LogP contribution in [0.5, 0.6) is 11.5 Å². The molecule has 1 heterocycles. The molecule has 0 aliphatic carbocycles. The molecule has 1 N–H and O–H groups in total. The zero-order valence-corrected chi connectivity index (χ0v) is 12.1. The highest BCUT2D eigenvalue weighted by Gasteiger charge is 2.14. The highest BCUT2D eigenvalue weighted by atomic mass is 79.9. The van der Waals surface area contributed by atoms with E-state index in [4.69, 9.17) is 9.84 Å². The second kappa shape index (κ2) is 5.49. The molecular weight excluding hydrogens is 366 g/mol. The van der Waals surface area contributed by atoms with Gasteiger partial charge in [-0.1, -0.05) is 22.0 Å². The average molecular weight is 373 g/mol. The van der Waals surface area contributed by atoms with Crippen LogP contribution in [0.1, 0.15) is 10.5 Å². The number of halogens is 2. The zero-order valence-electron chi connectivity index (χ0n) is 8.93. The molecule has 0 spiro atoms. The summed E-state index contributed by atoms with van der Waals surface area (Å²) in [6.45, 7) is 0. The number of carboxylic acids is 1. The topological polar surface area (TPSA) is 59.4 Å². The van der Waals surface area contributed by atoms with Crippen LogP contribution in [0.4, 0.5) is 0 Å². The molecule has 0 fully saturated rings. The van der Waals surface area contributed by atoms with Gasteiger partial charge in [0, 0.05) is 15.1 Å². The van der Waals surface area contributed by atoms with Gasteiger partial charge in [0.05, 0.1) is 0 Å². The van der Waals surface area contributed by atoms with Crippen molar-refractivity contribution in [2.24, 2.45) is 0 Å². The number of nitrogens with zero attached hydrogens (tertiary/aromatic N) is 1. The smallest absolute Gasteiger partial charge is 0.358 e. The number of hydrogen-bond acceptors (Lipinski definition) is 3. The van der Waals surface area contributed by atoms with Crippen LogP contribution in [-0.4, -0.2) is 16.1 Å². The van der Waals surface area contributed by atoms with Crippen molar-refractivity contribution in [3.63, 3.8) is 0 Å². The van der Waals surface area contributed by atoms with E-state index in [0.717, 1.165) is 4.47 Å². The molecule has 0 radical (unpaired) electrons. The monoisotopic (exact) mass is 371 g/mol. The standard InChI is InChI=1S/C12H7Br2NO3/c13-7-2-1-3-9(4-7)18-10-5-8(14)6-15-11(10)12(16)17/h1-6H,(H,16,17). The Labute approximate surface area is 120 Å². The van der Waals surface area contributed by atoms with E-state index < -0.39 is 5.97 Å². The number of benzene rings is 1. The first-order valence-electron chi connectivity index (χ1n) is 4.88. The Morgan fingerprint density at radius 1 is 1.22 bits per heavy atom. The summed E-state index contributed by atoms with van der Waals surface area (Å²) in [5.41, 5.74) is -0.127. The Balaban J connectivity index is 2.39. The van der Waals surface area contributed by atoms with E-state index in [1.165, 1.54) is 6.20 Å². The maximum absolute atomic E-state index is 11.0. The van der Waals surface area contributed by atoms with Gasteiger partial charge in [-0.05, 0) is 40.2 Å². The van der Waals surface area contributed by atoms with Crippen LogP contribution < -0.4 is 4.74 Å². The van der Waals surface area contributed by atoms with Crippen molar-refractivity contribution in [2.45, 2.75) is 0 Å². The number of aromatic carboxylic acids is 1. The predicted octanol–water partition coefficient (Wildman–Crippen LogP) is 4.10. The van der Waals surface area contributed by atoms with E-state index in [9.17, 15) is 4.79 Å². The third-order valence-electron chi connectivity index (χ3n) is 2.05. The third kappa shape index (κ3) is 3.08. The van der Waals surface area contributed by atoms with Crippen molar-refractivity contribution in [3.05, 3.63) is 51.2 Å². The Hall–Kier alpha value is -1.40. The maximum atomic E-state index is 11.0. The summed E-state index contributed by atoms with van der Waals surface area (Å²) in [4.78, 5) is 14.8. The summed E-state index contributed by atoms with van der Waals surface area (Å²) < 4.78 is 7.03. The van der Waals surface area contributed by atoms with Crippen LogP contribution >= 0.6 is 31.9 Å². The van der Waals surface area contributed by atoms with Gasteiger partial charge in [-0.25, -0.2) is 9.78 Å². The van der Waals surface area contributed by atoms with E-state index in [1.54, 1.807) is 24.3 Å². The van der Waals surface area contributed by atoms with Crippen molar-refractivity contribution in [3.8, 4) is 11.5 Å². The van der Waals surface area contributed by atoms with Crippen molar-refractivity contribution < 1.29 is 14.6 Å². The van der Waals surface area contributed by atoms with Crippen molar-refractivity contribution in [1.82, 2.24) is 4.98 Å². The molecule has 18 heavy (non-hydrogen) atoms. The van der Waals surface area contributed by atoms with Crippen molar-refractivity contribution >= 4 is 37.8 Å². The van der Waals surface area contributed by atoms with Gasteiger partial charge in [0.2, 0.25) is 0 Å². The molecule has 6 heteroatoms. The van der Waals surface area contributed by atoms with Crippen LogP contribution in [0.25, 0.3) is 0 Å². The van der Waals surface area contributed by atoms with Crippen LogP contribution in [-0.2, 0) is 0 Å². The summed E-state index contributed by atoms with van der Waals surface area (Å²) in [5, 5.41) is 9.02. The van der Waals surface area contributed by atoms with Gasteiger partial charge in [0.25, 0.3) is 0 Å². The maximum Gasteiger partial charge on any atom is 0.358 e. The van der Waals surface area contributed by atoms with Gasteiger partial charge in [0.1, 0.15) is 5.75 Å². The molecule has 2 rings (SSSR count). The predicted molar refractivity (Wildman–Crippen MR) is 73.1 cm³/mol. The highest BCUT2D eigenvalue weighted by molar-refractivity contribution is 9.10. The summed E-state index contributed by atoms with van der Waals surface area (Å²) >= 11 is 6.54. The second-order valence-electron chi connectivity index (χ2n) is 3.36. The summed E-state index contributed by atoms with van der Waals surface area (Å²) in [7, 11) is 0. The minimum atomic E-state index is -1.13. The lowest BCUT2D eigenvalue weighted by molar-refractivity contribution is 0.0687. The first-order chi connectivity index (χ1) is 8.56. The third-order valence-corrected chi connectivity index (χ3v) is 2.97. The molecule has 1 aromatic heterocycles. The highest BCUT2D eigenvalue weighted by Crippen LogP contribution is 2.28. The molecule has 1 aromatic carbocycles. The zero-order chi connectivity index (χ0) is 13.1. The fourth-order valence-corrected chi connectivity index (χ4v) is 2.01. The van der Waals surface area contributed by atoms with Crippen LogP contribution in [0.2, 0.25) is 0 Å². The van der Waals surface area contributed by atoms with E-state index >= 15 is 0 Å². The summed E-state index contributed by atoms with van der Waals surface area (Å²) in [6.07, 6.45) is 1.41. The molecule has 0 aliphatic rings. The number of carboxylic acid groups (broad SMARTS) is 1. The number of rotatable bonds is 3. The Bertz CT molecular complexity index is 602. The first kappa shape index (κ1) is 13.0. The van der Waals surface area contributed by atoms with Crippen molar-refractivity contribution in [1.29, 1.82) is 0 Å². The van der Waals surface area contributed by atoms with E-state index in [-0.39, 0.29) is 11.4 Å². The van der Waals surface area contributed by atoms with Gasteiger partial charge < -0.3 is 9.84 Å². The van der Waals surface area contributed by atoms with Gasteiger partial charge in [-0.3, -0.25) is 0 Å². The fourth-order valence-electron chi connectivity index (χ4n) is 1.32. The number of aromatic nitrogens is 1. The molecule has 4 nitrogen and oxygen atoms in total. The Morgan fingerprint density at radius 3 is 2.67 bits per heavy atom. The van der Waals surface area contributed by atoms with E-state index in [2.05, 4.69) is 36.8 Å². The molecule has 92 valence electrons. The van der Waals surface area contributed by atoms with Crippen molar-refractivity contribution in [2.75, 3.05) is 0 Å². The summed E-state index contributed by atoms with van der Waals surface area (Å²) in [6, 6.07) is 8.69. The minimum absolute atomic E-state index is 0.127. The molecule has 0 saturated heterocycles. The second-order valence-corrected chi connectivity index (χ2v) is 5.20. The van der Waals surface area contributed by atoms with Gasteiger partial charge in [-0.2, -0.15) is 0 Å². The lowest BCUT2D eigenvalue weighted by atomic mass is 10.3. The summed E-state index contributed by atoms with van der Waals surface area (Å²) in [5.74, 6) is -0.408. The number of pyridine rings is 1. The first-order valence-corrected chi connectivity index (χ1v) is 6.47. The molecule has 0 bridgehead atoms. The normalized spacial score (nSPS) is 10.1. The number of hydrogen-bond donors (Lipinski definition) is 1. The minimum Gasteiger partial charge on any atom is -0.476 e. The van der Waals surface area contributed by atoms with Crippen LogP contribution in [0.3, 0.4) is 0 Å². The Morgan fingerprint density at radius 2 is 2.00 bits per heavy atom. The Kier molecular flexibility index (Phi) is 3.98. The lowest BCUT2D eigenvalue weighted by Crippen LogP contribution is -2.03. The average Bonchev–Trinajstić information content (AvgIpc) is 2.28. The van der Waals surface area contributed by atoms with E-state index in [0.29, 0.717) is 10.2 Å². The molecule has 0 saturated carbocycles.